The average molecular weight is 230 g/mol. The van der Waals surface area contributed by atoms with E-state index in [4.69, 9.17) is 5.11 Å². The van der Waals surface area contributed by atoms with Crippen LogP contribution in [0.4, 0.5) is 0 Å². The van der Waals surface area contributed by atoms with E-state index in [1.165, 1.54) is 0 Å². The molecular weight excluding hydrogens is 208 g/mol. The Kier molecular flexibility index (Phi) is 6.72. The highest BCUT2D eigenvalue weighted by atomic mass is 16.4. The summed E-state index contributed by atoms with van der Waals surface area (Å²) in [6.45, 7) is 8.63. The van der Waals surface area contributed by atoms with Crippen molar-refractivity contribution in [3.05, 3.63) is 0 Å². The summed E-state index contributed by atoms with van der Waals surface area (Å²) in [7, 11) is 0. The monoisotopic (exact) mass is 230 g/mol. The standard InChI is InChI=1S/C11H22N2O3/c1-5-12-6-8(4)10(14)13-9(7(2)3)11(15)16/h7-9,12H,5-6H2,1-4H3,(H,13,14)(H,15,16)/t8?,9-/m0/s1. The van der Waals surface area contributed by atoms with E-state index >= 15 is 0 Å². The van der Waals surface area contributed by atoms with Gasteiger partial charge >= 0.3 is 5.97 Å². The molecule has 0 bridgehead atoms. The molecule has 0 aliphatic rings. The van der Waals surface area contributed by atoms with Crippen LogP contribution in [0.1, 0.15) is 27.7 Å². The molecule has 0 saturated heterocycles. The molecule has 5 heteroatoms. The summed E-state index contributed by atoms with van der Waals surface area (Å²) in [5.41, 5.74) is 0. The lowest BCUT2D eigenvalue weighted by molar-refractivity contribution is -0.143. The van der Waals surface area contributed by atoms with Crippen molar-refractivity contribution in [3.63, 3.8) is 0 Å². The largest absolute Gasteiger partial charge is 0.480 e. The zero-order valence-electron chi connectivity index (χ0n) is 10.4. The molecule has 5 nitrogen and oxygen atoms in total. The molecule has 0 rings (SSSR count). The van der Waals surface area contributed by atoms with E-state index in [0.29, 0.717) is 6.54 Å². The summed E-state index contributed by atoms with van der Waals surface area (Å²) < 4.78 is 0. The maximum atomic E-state index is 11.7. The quantitative estimate of drug-likeness (QED) is 0.593. The maximum absolute atomic E-state index is 11.7. The molecule has 94 valence electrons. The molecule has 1 unspecified atom stereocenters. The molecule has 16 heavy (non-hydrogen) atoms. The first-order chi connectivity index (χ1) is 7.40. The summed E-state index contributed by atoms with van der Waals surface area (Å²) in [4.78, 5) is 22.5. The van der Waals surface area contributed by atoms with Crippen LogP contribution in [0, 0.1) is 11.8 Å². The Morgan fingerprint density at radius 1 is 1.25 bits per heavy atom. The van der Waals surface area contributed by atoms with Crippen molar-refractivity contribution >= 4 is 11.9 Å². The predicted molar refractivity (Wildman–Crippen MR) is 62.1 cm³/mol. The number of hydrogen-bond acceptors (Lipinski definition) is 3. The Morgan fingerprint density at radius 2 is 1.81 bits per heavy atom. The van der Waals surface area contributed by atoms with E-state index in [2.05, 4.69) is 10.6 Å². The second-order valence-electron chi connectivity index (χ2n) is 4.28. The molecular formula is C11H22N2O3. The summed E-state index contributed by atoms with van der Waals surface area (Å²) in [6, 6.07) is -0.809. The first-order valence-corrected chi connectivity index (χ1v) is 5.64. The Morgan fingerprint density at radius 3 is 2.19 bits per heavy atom. The fraction of sp³-hybridized carbons (Fsp3) is 0.818. The molecule has 0 aliphatic heterocycles. The number of carboxylic acid groups (broad SMARTS) is 1. The number of carbonyl (C=O) groups excluding carboxylic acids is 1. The number of carboxylic acids is 1. The van der Waals surface area contributed by atoms with Gasteiger partial charge in [-0.15, -0.1) is 0 Å². The van der Waals surface area contributed by atoms with Crippen LogP contribution in [0.3, 0.4) is 0 Å². The summed E-state index contributed by atoms with van der Waals surface area (Å²) in [5.74, 6) is -1.55. The third-order valence-electron chi connectivity index (χ3n) is 2.38. The lowest BCUT2D eigenvalue weighted by Crippen LogP contribution is -2.47. The van der Waals surface area contributed by atoms with Crippen LogP contribution >= 0.6 is 0 Å². The van der Waals surface area contributed by atoms with Crippen LogP contribution in [-0.2, 0) is 9.59 Å². The molecule has 1 amide bonds. The van der Waals surface area contributed by atoms with Crippen molar-refractivity contribution in [2.45, 2.75) is 33.7 Å². The van der Waals surface area contributed by atoms with Gasteiger partial charge in [0, 0.05) is 12.5 Å². The van der Waals surface area contributed by atoms with Crippen molar-refractivity contribution in [1.82, 2.24) is 10.6 Å². The smallest absolute Gasteiger partial charge is 0.326 e. The van der Waals surface area contributed by atoms with E-state index in [1.54, 1.807) is 20.8 Å². The maximum Gasteiger partial charge on any atom is 0.326 e. The Bertz CT molecular complexity index is 241. The van der Waals surface area contributed by atoms with Crippen LogP contribution < -0.4 is 10.6 Å². The normalized spacial score (nSPS) is 14.6. The zero-order valence-corrected chi connectivity index (χ0v) is 10.4. The fourth-order valence-electron chi connectivity index (χ4n) is 1.26. The van der Waals surface area contributed by atoms with Gasteiger partial charge in [0.1, 0.15) is 6.04 Å². The Balaban J connectivity index is 4.24. The SMILES string of the molecule is CCNCC(C)C(=O)N[C@H](C(=O)O)C(C)C. The van der Waals surface area contributed by atoms with Gasteiger partial charge in [0.05, 0.1) is 0 Å². The Labute approximate surface area is 96.6 Å². The molecule has 0 aromatic carbocycles. The highest BCUT2D eigenvalue weighted by Crippen LogP contribution is 2.03. The highest BCUT2D eigenvalue weighted by molar-refractivity contribution is 5.85. The zero-order chi connectivity index (χ0) is 12.7. The van der Waals surface area contributed by atoms with Gasteiger partial charge in [-0.3, -0.25) is 4.79 Å². The number of nitrogens with one attached hydrogen (secondary N) is 2. The van der Waals surface area contributed by atoms with Crippen molar-refractivity contribution in [2.75, 3.05) is 13.1 Å². The highest BCUT2D eigenvalue weighted by Gasteiger charge is 2.25. The van der Waals surface area contributed by atoms with Gasteiger partial charge in [0.25, 0.3) is 0 Å². The van der Waals surface area contributed by atoms with Crippen LogP contribution in [-0.4, -0.2) is 36.1 Å². The number of carbonyl (C=O) groups is 2. The number of hydrogen-bond donors (Lipinski definition) is 3. The lowest BCUT2D eigenvalue weighted by atomic mass is 10.0. The van der Waals surface area contributed by atoms with E-state index in [-0.39, 0.29) is 17.7 Å². The molecule has 0 radical (unpaired) electrons. The molecule has 0 aliphatic carbocycles. The van der Waals surface area contributed by atoms with Gasteiger partial charge in [-0.25, -0.2) is 4.79 Å². The van der Waals surface area contributed by atoms with E-state index in [9.17, 15) is 9.59 Å². The third kappa shape index (κ3) is 5.11. The van der Waals surface area contributed by atoms with Gasteiger partial charge < -0.3 is 15.7 Å². The molecule has 2 atom stereocenters. The van der Waals surface area contributed by atoms with Crippen LogP contribution in [0.5, 0.6) is 0 Å². The van der Waals surface area contributed by atoms with Crippen molar-refractivity contribution < 1.29 is 14.7 Å². The third-order valence-corrected chi connectivity index (χ3v) is 2.38. The predicted octanol–water partition coefficient (Wildman–Crippen LogP) is 0.457. The molecule has 0 saturated carbocycles. The summed E-state index contributed by atoms with van der Waals surface area (Å²) >= 11 is 0. The van der Waals surface area contributed by atoms with Gasteiger partial charge in [0.2, 0.25) is 5.91 Å². The van der Waals surface area contributed by atoms with Crippen molar-refractivity contribution in [3.8, 4) is 0 Å². The van der Waals surface area contributed by atoms with Gasteiger partial charge in [-0.1, -0.05) is 27.7 Å². The minimum atomic E-state index is -0.987. The van der Waals surface area contributed by atoms with Crippen LogP contribution in [0.25, 0.3) is 0 Å². The van der Waals surface area contributed by atoms with Gasteiger partial charge in [-0.05, 0) is 12.5 Å². The minimum Gasteiger partial charge on any atom is -0.480 e. The van der Waals surface area contributed by atoms with E-state index in [1.807, 2.05) is 6.92 Å². The average Bonchev–Trinajstić information content (AvgIpc) is 2.20. The van der Waals surface area contributed by atoms with Gasteiger partial charge in [-0.2, -0.15) is 0 Å². The fourth-order valence-corrected chi connectivity index (χ4v) is 1.26. The number of rotatable bonds is 7. The number of aliphatic carboxylic acids is 1. The summed E-state index contributed by atoms with van der Waals surface area (Å²) in [6.07, 6.45) is 0. The Hall–Kier alpha value is -1.10. The summed E-state index contributed by atoms with van der Waals surface area (Å²) in [5, 5.41) is 14.5. The van der Waals surface area contributed by atoms with E-state index < -0.39 is 12.0 Å². The van der Waals surface area contributed by atoms with E-state index in [0.717, 1.165) is 6.54 Å². The second kappa shape index (κ2) is 7.22. The molecule has 0 aromatic rings. The molecule has 0 fully saturated rings. The first kappa shape index (κ1) is 14.9. The van der Waals surface area contributed by atoms with Crippen LogP contribution in [0.2, 0.25) is 0 Å². The molecule has 3 N–H and O–H groups in total. The molecule has 0 aromatic heterocycles. The second-order valence-corrected chi connectivity index (χ2v) is 4.28. The van der Waals surface area contributed by atoms with Crippen molar-refractivity contribution in [2.24, 2.45) is 11.8 Å². The topological polar surface area (TPSA) is 78.4 Å². The molecule has 0 heterocycles. The van der Waals surface area contributed by atoms with Gasteiger partial charge in [0.15, 0.2) is 0 Å². The van der Waals surface area contributed by atoms with Crippen LogP contribution in [0.15, 0.2) is 0 Å². The minimum absolute atomic E-state index is 0.118. The first-order valence-electron chi connectivity index (χ1n) is 5.64. The van der Waals surface area contributed by atoms with Crippen molar-refractivity contribution in [1.29, 1.82) is 0 Å². The lowest BCUT2D eigenvalue weighted by Gasteiger charge is -2.20. The molecule has 0 spiro atoms. The number of amides is 1.